The maximum atomic E-state index is 13.1. The molecular weight excluding hydrogens is 608 g/mol. The smallest absolute Gasteiger partial charge is 0.261 e. The first-order valence-corrected chi connectivity index (χ1v) is 15.8. The van der Waals surface area contributed by atoms with E-state index in [4.69, 9.17) is 0 Å². The summed E-state index contributed by atoms with van der Waals surface area (Å²) in [7, 11) is 0. The normalized spacial score (nSPS) is 13.8. The maximum absolute atomic E-state index is 13.1. The minimum absolute atomic E-state index is 0.101. The molecule has 2 N–H and O–H groups in total. The summed E-state index contributed by atoms with van der Waals surface area (Å²) in [4.78, 5) is 79.9. The van der Waals surface area contributed by atoms with Crippen LogP contribution in [0.4, 0.5) is 11.4 Å². The predicted molar refractivity (Wildman–Crippen MR) is 181 cm³/mol. The molecule has 238 valence electrons. The van der Waals surface area contributed by atoms with E-state index in [0.29, 0.717) is 57.2 Å². The third-order valence-corrected chi connectivity index (χ3v) is 8.74. The highest BCUT2D eigenvalue weighted by Crippen LogP contribution is 2.31. The van der Waals surface area contributed by atoms with Gasteiger partial charge in [-0.25, -0.2) is 0 Å². The Bertz CT molecular complexity index is 1920. The quantitative estimate of drug-likeness (QED) is 0.180. The fraction of sp³-hybridized carbons (Fsp3) is 0.158. The van der Waals surface area contributed by atoms with E-state index in [1.807, 2.05) is 24.3 Å². The van der Waals surface area contributed by atoms with Crippen LogP contribution in [0.15, 0.2) is 97.1 Å². The Kier molecular flexibility index (Phi) is 7.98. The molecule has 2 heterocycles. The van der Waals surface area contributed by atoms with Crippen LogP contribution in [0.2, 0.25) is 0 Å². The van der Waals surface area contributed by atoms with Crippen LogP contribution in [0.25, 0.3) is 21.5 Å². The number of nitrogens with zero attached hydrogens (tertiary/aromatic N) is 2. The molecule has 0 bridgehead atoms. The van der Waals surface area contributed by atoms with Crippen LogP contribution < -0.4 is 10.6 Å². The van der Waals surface area contributed by atoms with Gasteiger partial charge in [0.05, 0.1) is 0 Å². The molecular formula is C38H30N4O6. The zero-order valence-electron chi connectivity index (χ0n) is 25.8. The summed E-state index contributed by atoms with van der Waals surface area (Å²) in [5, 5.41) is 8.60. The lowest BCUT2D eigenvalue weighted by atomic mass is 9.94. The van der Waals surface area contributed by atoms with E-state index in [2.05, 4.69) is 10.6 Å². The Hall–Kier alpha value is -6.16. The fourth-order valence-corrected chi connectivity index (χ4v) is 6.45. The topological polar surface area (TPSA) is 133 Å². The van der Waals surface area contributed by atoms with Crippen LogP contribution in [0.5, 0.6) is 0 Å². The third kappa shape index (κ3) is 5.57. The van der Waals surface area contributed by atoms with Crippen molar-refractivity contribution in [3.8, 4) is 0 Å². The summed E-state index contributed by atoms with van der Waals surface area (Å²) in [6, 6.07) is 28.1. The minimum Gasteiger partial charge on any atom is -0.326 e. The van der Waals surface area contributed by atoms with E-state index in [0.717, 1.165) is 10.8 Å². The summed E-state index contributed by atoms with van der Waals surface area (Å²) < 4.78 is 0. The number of hydrogen-bond donors (Lipinski definition) is 2. The summed E-state index contributed by atoms with van der Waals surface area (Å²) >= 11 is 0. The molecule has 0 unspecified atom stereocenters. The second kappa shape index (κ2) is 12.6. The van der Waals surface area contributed by atoms with Crippen molar-refractivity contribution in [1.82, 2.24) is 9.80 Å². The van der Waals surface area contributed by atoms with Gasteiger partial charge in [0.2, 0.25) is 11.8 Å². The monoisotopic (exact) mass is 638 g/mol. The number of nitrogens with one attached hydrogen (secondary N) is 2. The zero-order valence-corrected chi connectivity index (χ0v) is 25.8. The lowest BCUT2D eigenvalue weighted by Gasteiger charge is -2.27. The SMILES string of the molecule is O=C(CCCN1C(=O)c2cccc3cccc(c23)C1=O)Nc1ccc(NC(=O)CCCN2C(=O)c3cccc4cccc(c34)C2=O)cc1. The number of imide groups is 2. The molecule has 10 nitrogen and oxygen atoms in total. The molecule has 7 rings (SSSR count). The van der Waals surface area contributed by atoms with Gasteiger partial charge in [0, 0.05) is 70.3 Å². The number of hydrogen-bond acceptors (Lipinski definition) is 6. The highest BCUT2D eigenvalue weighted by molar-refractivity contribution is 6.26. The van der Waals surface area contributed by atoms with Crippen molar-refractivity contribution in [2.75, 3.05) is 23.7 Å². The van der Waals surface area contributed by atoms with Crippen LogP contribution in [0, 0.1) is 0 Å². The lowest BCUT2D eigenvalue weighted by molar-refractivity contribution is -0.117. The van der Waals surface area contributed by atoms with E-state index in [1.54, 1.807) is 72.8 Å². The van der Waals surface area contributed by atoms with Gasteiger partial charge in [-0.15, -0.1) is 0 Å². The predicted octanol–water partition coefficient (Wildman–Crippen LogP) is 6.02. The van der Waals surface area contributed by atoms with Crippen LogP contribution >= 0.6 is 0 Å². The fourth-order valence-electron chi connectivity index (χ4n) is 6.45. The van der Waals surface area contributed by atoms with Crippen molar-refractivity contribution in [2.45, 2.75) is 25.7 Å². The number of carbonyl (C=O) groups is 6. The Labute approximate surface area is 275 Å². The van der Waals surface area contributed by atoms with E-state index >= 15 is 0 Å². The molecule has 2 aliphatic heterocycles. The zero-order chi connectivity index (χ0) is 33.4. The molecule has 5 aromatic carbocycles. The molecule has 0 saturated carbocycles. The molecule has 0 atom stereocenters. The van der Waals surface area contributed by atoms with Crippen LogP contribution in [-0.4, -0.2) is 58.3 Å². The van der Waals surface area contributed by atoms with E-state index < -0.39 is 0 Å². The highest BCUT2D eigenvalue weighted by Gasteiger charge is 2.33. The Morgan fingerprint density at radius 3 is 1.08 bits per heavy atom. The van der Waals surface area contributed by atoms with E-state index in [-0.39, 0.29) is 61.4 Å². The van der Waals surface area contributed by atoms with Crippen molar-refractivity contribution < 1.29 is 28.8 Å². The maximum Gasteiger partial charge on any atom is 0.261 e. The molecule has 48 heavy (non-hydrogen) atoms. The Morgan fingerprint density at radius 1 is 0.458 bits per heavy atom. The van der Waals surface area contributed by atoms with Gasteiger partial charge in [-0.2, -0.15) is 0 Å². The number of anilines is 2. The molecule has 0 saturated heterocycles. The number of benzene rings is 5. The Balaban J connectivity index is 0.867. The summed E-state index contributed by atoms with van der Waals surface area (Å²) in [6.07, 6.45) is 0.799. The summed E-state index contributed by atoms with van der Waals surface area (Å²) in [5.74, 6) is -1.99. The molecule has 5 aromatic rings. The number of amides is 6. The van der Waals surface area contributed by atoms with Gasteiger partial charge in [0.25, 0.3) is 23.6 Å². The van der Waals surface area contributed by atoms with Gasteiger partial charge in [-0.1, -0.05) is 48.5 Å². The van der Waals surface area contributed by atoms with E-state index in [1.165, 1.54) is 9.80 Å². The first-order chi connectivity index (χ1) is 23.3. The van der Waals surface area contributed by atoms with Gasteiger partial charge in [-0.05, 0) is 72.1 Å². The van der Waals surface area contributed by atoms with Crippen LogP contribution in [0.3, 0.4) is 0 Å². The van der Waals surface area contributed by atoms with Crippen molar-refractivity contribution in [3.05, 3.63) is 119 Å². The standard InChI is InChI=1S/C38H30N4O6/c43-31(15-5-21-41-35(45)27-11-1-7-23-8-2-12-28(33(23)27)36(41)46)39-25-17-19-26(20-18-25)40-32(44)16-6-22-42-37(47)29-13-3-9-24-10-4-14-30(34(24)29)38(42)48/h1-4,7-14,17-20H,5-6,15-16,21-22H2,(H,39,43)(H,40,44). The van der Waals surface area contributed by atoms with Gasteiger partial charge in [0.1, 0.15) is 0 Å². The van der Waals surface area contributed by atoms with Crippen molar-refractivity contribution in [2.24, 2.45) is 0 Å². The molecule has 0 spiro atoms. The minimum atomic E-state index is -0.362. The third-order valence-electron chi connectivity index (χ3n) is 8.74. The summed E-state index contributed by atoms with van der Waals surface area (Å²) in [6.45, 7) is 0.231. The number of rotatable bonds is 10. The first-order valence-electron chi connectivity index (χ1n) is 15.8. The molecule has 10 heteroatoms. The lowest BCUT2D eigenvalue weighted by Crippen LogP contribution is -2.41. The largest absolute Gasteiger partial charge is 0.326 e. The highest BCUT2D eigenvalue weighted by atomic mass is 16.2. The molecule has 6 amide bonds. The van der Waals surface area contributed by atoms with Crippen LogP contribution in [0.1, 0.15) is 67.1 Å². The van der Waals surface area contributed by atoms with Crippen molar-refractivity contribution in [1.29, 1.82) is 0 Å². The average Bonchev–Trinajstić information content (AvgIpc) is 3.09. The average molecular weight is 639 g/mol. The Morgan fingerprint density at radius 2 is 0.771 bits per heavy atom. The molecule has 0 fully saturated rings. The van der Waals surface area contributed by atoms with Gasteiger partial charge < -0.3 is 10.6 Å². The van der Waals surface area contributed by atoms with E-state index in [9.17, 15) is 28.8 Å². The van der Waals surface area contributed by atoms with Gasteiger partial charge in [-0.3, -0.25) is 38.6 Å². The van der Waals surface area contributed by atoms with Crippen LogP contribution in [-0.2, 0) is 9.59 Å². The molecule has 2 aliphatic rings. The van der Waals surface area contributed by atoms with Gasteiger partial charge in [0.15, 0.2) is 0 Å². The molecule has 0 aliphatic carbocycles. The summed E-state index contributed by atoms with van der Waals surface area (Å²) in [5.41, 5.74) is 2.99. The first kappa shape index (κ1) is 30.5. The van der Waals surface area contributed by atoms with Crippen molar-refractivity contribution >= 4 is 68.4 Å². The molecule has 0 radical (unpaired) electrons. The second-order valence-electron chi connectivity index (χ2n) is 11.8. The van der Waals surface area contributed by atoms with Crippen molar-refractivity contribution in [3.63, 3.8) is 0 Å². The second-order valence-corrected chi connectivity index (χ2v) is 11.8. The van der Waals surface area contributed by atoms with Gasteiger partial charge >= 0.3 is 0 Å². The molecule has 0 aromatic heterocycles. The number of carbonyl (C=O) groups excluding carboxylic acids is 6.